The topological polar surface area (TPSA) is 101 Å². The Hall–Kier alpha value is -4.89. The van der Waals surface area contributed by atoms with E-state index >= 15 is 0 Å². The Morgan fingerprint density at radius 1 is 0.820 bits per heavy atom. The van der Waals surface area contributed by atoms with Gasteiger partial charge in [0.15, 0.2) is 0 Å². The Bertz CT molecular complexity index is 1810. The third kappa shape index (κ3) is 10.1. The highest BCUT2D eigenvalue weighted by Gasteiger charge is 2.31. The molecule has 0 aliphatic carbocycles. The number of carbonyl (C=O) groups is 3. The number of anilines is 3. The van der Waals surface area contributed by atoms with Gasteiger partial charge in [0.05, 0.1) is 28.4 Å². The SMILES string of the molecule is CN(CC(C)(C)COc1cc(C(C)(C)C)ccc1C(=O)N(c1ccccc1)c1ccccc1C(=O)Nc1ccc(Cl)cn1)C(=O)OC(C)(C)C. The molecule has 0 atom stereocenters. The molecule has 264 valence electrons. The molecule has 0 radical (unpaired) electrons. The molecule has 0 saturated carbocycles. The summed E-state index contributed by atoms with van der Waals surface area (Å²) in [7, 11) is 1.69. The van der Waals surface area contributed by atoms with Crippen molar-refractivity contribution in [1.29, 1.82) is 0 Å². The van der Waals surface area contributed by atoms with E-state index in [9.17, 15) is 14.4 Å². The maximum atomic E-state index is 14.8. The van der Waals surface area contributed by atoms with Gasteiger partial charge in [-0.05, 0) is 80.3 Å². The normalized spacial score (nSPS) is 11.8. The molecule has 3 aromatic carbocycles. The lowest BCUT2D eigenvalue weighted by Crippen LogP contribution is -2.41. The number of pyridine rings is 1. The van der Waals surface area contributed by atoms with E-state index in [-0.39, 0.29) is 23.5 Å². The average Bonchev–Trinajstić information content (AvgIpc) is 3.04. The molecule has 50 heavy (non-hydrogen) atoms. The number of amides is 3. The molecule has 0 unspecified atom stereocenters. The molecule has 4 rings (SSSR count). The van der Waals surface area contributed by atoms with Gasteiger partial charge in [-0.25, -0.2) is 9.78 Å². The van der Waals surface area contributed by atoms with Gasteiger partial charge in [-0.3, -0.25) is 14.5 Å². The monoisotopic (exact) mass is 698 g/mol. The second-order valence-corrected chi connectivity index (χ2v) is 15.5. The summed E-state index contributed by atoms with van der Waals surface area (Å²) in [6.07, 6.45) is 1.02. The fourth-order valence-corrected chi connectivity index (χ4v) is 5.32. The predicted molar refractivity (Wildman–Crippen MR) is 200 cm³/mol. The van der Waals surface area contributed by atoms with Crippen LogP contribution in [-0.4, -0.2) is 53.6 Å². The molecular formula is C40H47ClN4O5. The molecule has 4 aromatic rings. The summed E-state index contributed by atoms with van der Waals surface area (Å²) in [4.78, 5) is 48.5. The molecule has 0 fully saturated rings. The van der Waals surface area contributed by atoms with Crippen LogP contribution in [0.3, 0.4) is 0 Å². The molecule has 9 nitrogen and oxygen atoms in total. The quantitative estimate of drug-likeness (QED) is 0.177. The minimum atomic E-state index is -0.620. The Labute approximate surface area is 300 Å². The lowest BCUT2D eigenvalue weighted by Gasteiger charge is -2.32. The van der Waals surface area contributed by atoms with Crippen molar-refractivity contribution in [2.45, 2.75) is 66.4 Å². The van der Waals surface area contributed by atoms with Crippen molar-refractivity contribution < 1.29 is 23.9 Å². The number of nitrogens with zero attached hydrogens (tertiary/aromatic N) is 3. The Balaban J connectivity index is 1.73. The number of halogens is 1. The number of hydrogen-bond acceptors (Lipinski definition) is 6. The summed E-state index contributed by atoms with van der Waals surface area (Å²) in [6, 6.07) is 24.9. The summed E-state index contributed by atoms with van der Waals surface area (Å²) in [5.74, 6) is -0.122. The first-order valence-corrected chi connectivity index (χ1v) is 16.9. The van der Waals surface area contributed by atoms with Crippen LogP contribution in [0.5, 0.6) is 5.75 Å². The van der Waals surface area contributed by atoms with E-state index in [1.165, 1.54) is 16.0 Å². The number of para-hydroxylation sites is 2. The number of hydrogen-bond donors (Lipinski definition) is 1. The minimum Gasteiger partial charge on any atom is -0.492 e. The summed E-state index contributed by atoms with van der Waals surface area (Å²) >= 11 is 5.99. The molecule has 10 heteroatoms. The number of ether oxygens (including phenoxy) is 2. The van der Waals surface area contributed by atoms with E-state index < -0.39 is 23.0 Å². The standard InChI is InChI=1S/C40H47ClN4O5/c1-38(2,3)27-19-21-31(33(23-27)49-26-40(7,8)25-44(9)37(48)50-39(4,5)6)36(47)45(29-15-11-10-12-16-29)32-18-14-13-17-30(32)35(46)43-34-22-20-28(41)24-42-34/h10-24H,25-26H2,1-9H3,(H,42,43,46). The zero-order chi connectivity index (χ0) is 36.9. The van der Waals surface area contributed by atoms with Gasteiger partial charge >= 0.3 is 6.09 Å². The second kappa shape index (κ2) is 15.3. The van der Waals surface area contributed by atoms with Crippen molar-refractivity contribution >= 4 is 46.7 Å². The highest BCUT2D eigenvalue weighted by Crippen LogP contribution is 2.36. The van der Waals surface area contributed by atoms with Gasteiger partial charge in [-0.1, -0.05) is 82.6 Å². The van der Waals surface area contributed by atoms with E-state index in [0.717, 1.165) is 5.56 Å². The minimum absolute atomic E-state index is 0.201. The predicted octanol–water partition coefficient (Wildman–Crippen LogP) is 9.54. The van der Waals surface area contributed by atoms with Crippen LogP contribution < -0.4 is 15.0 Å². The van der Waals surface area contributed by atoms with Gasteiger partial charge in [0.25, 0.3) is 11.8 Å². The number of nitrogens with one attached hydrogen (secondary N) is 1. The van der Waals surface area contributed by atoms with Crippen molar-refractivity contribution in [1.82, 2.24) is 9.88 Å². The molecule has 0 aliphatic rings. The number of rotatable bonds is 10. The number of aromatic nitrogens is 1. The first-order chi connectivity index (χ1) is 23.3. The van der Waals surface area contributed by atoms with Gasteiger partial charge < -0.3 is 19.7 Å². The van der Waals surface area contributed by atoms with E-state index in [1.807, 2.05) is 77.1 Å². The van der Waals surface area contributed by atoms with Crippen LogP contribution in [0.25, 0.3) is 0 Å². The zero-order valence-electron chi connectivity index (χ0n) is 30.3. The largest absolute Gasteiger partial charge is 0.492 e. The van der Waals surface area contributed by atoms with Crippen molar-refractivity contribution in [2.75, 3.05) is 30.4 Å². The summed E-state index contributed by atoms with van der Waals surface area (Å²) in [5.41, 5.74) is 1.14. The van der Waals surface area contributed by atoms with Gasteiger partial charge in [0.1, 0.15) is 17.2 Å². The first kappa shape index (κ1) is 37.9. The summed E-state index contributed by atoms with van der Waals surface area (Å²) < 4.78 is 12.0. The summed E-state index contributed by atoms with van der Waals surface area (Å²) in [5, 5.41) is 3.25. The lowest BCUT2D eigenvalue weighted by molar-refractivity contribution is 0.0203. The lowest BCUT2D eigenvalue weighted by atomic mass is 9.86. The molecular weight excluding hydrogens is 652 g/mol. The van der Waals surface area contributed by atoms with Crippen LogP contribution in [0, 0.1) is 5.41 Å². The molecule has 3 amide bonds. The van der Waals surface area contributed by atoms with Gasteiger partial charge in [0, 0.05) is 30.9 Å². The van der Waals surface area contributed by atoms with Gasteiger partial charge in [-0.2, -0.15) is 0 Å². The molecule has 0 bridgehead atoms. The highest BCUT2D eigenvalue weighted by atomic mass is 35.5. The highest BCUT2D eigenvalue weighted by molar-refractivity contribution is 6.30. The third-order valence-electron chi connectivity index (χ3n) is 7.64. The Kier molecular flexibility index (Phi) is 11.6. The second-order valence-electron chi connectivity index (χ2n) is 15.1. The van der Waals surface area contributed by atoms with Gasteiger partial charge in [-0.15, -0.1) is 0 Å². The van der Waals surface area contributed by atoms with Gasteiger partial charge in [0.2, 0.25) is 0 Å². The van der Waals surface area contributed by atoms with Crippen LogP contribution in [0.1, 0.15) is 81.7 Å². The molecule has 1 N–H and O–H groups in total. The van der Waals surface area contributed by atoms with Crippen LogP contribution in [0.4, 0.5) is 22.0 Å². The van der Waals surface area contributed by atoms with Crippen molar-refractivity contribution in [3.05, 3.63) is 113 Å². The first-order valence-electron chi connectivity index (χ1n) is 16.5. The van der Waals surface area contributed by atoms with Crippen LogP contribution in [-0.2, 0) is 10.2 Å². The molecule has 1 aromatic heterocycles. The van der Waals surface area contributed by atoms with E-state index in [4.69, 9.17) is 21.1 Å². The number of carbonyl (C=O) groups excluding carboxylic acids is 3. The summed E-state index contributed by atoms with van der Waals surface area (Å²) in [6.45, 7) is 16.3. The van der Waals surface area contributed by atoms with Crippen molar-refractivity contribution in [2.24, 2.45) is 5.41 Å². The van der Waals surface area contributed by atoms with E-state index in [1.54, 1.807) is 49.5 Å². The van der Waals surface area contributed by atoms with Crippen molar-refractivity contribution in [3.8, 4) is 5.75 Å². The van der Waals surface area contributed by atoms with Crippen LogP contribution in [0.15, 0.2) is 91.1 Å². The Morgan fingerprint density at radius 3 is 2.10 bits per heavy atom. The van der Waals surface area contributed by atoms with Crippen LogP contribution >= 0.6 is 11.6 Å². The van der Waals surface area contributed by atoms with E-state index in [0.29, 0.717) is 40.1 Å². The van der Waals surface area contributed by atoms with Crippen molar-refractivity contribution in [3.63, 3.8) is 0 Å². The smallest absolute Gasteiger partial charge is 0.410 e. The van der Waals surface area contributed by atoms with E-state index in [2.05, 4.69) is 31.1 Å². The fourth-order valence-electron chi connectivity index (χ4n) is 5.21. The van der Waals surface area contributed by atoms with Crippen LogP contribution in [0.2, 0.25) is 5.02 Å². The maximum Gasteiger partial charge on any atom is 0.410 e. The zero-order valence-corrected chi connectivity index (χ0v) is 31.1. The maximum absolute atomic E-state index is 14.8. The Morgan fingerprint density at radius 2 is 1.48 bits per heavy atom. The fraction of sp³-hybridized carbons (Fsp3) is 0.350. The molecule has 0 spiro atoms. The average molecular weight is 699 g/mol. The molecule has 0 aliphatic heterocycles. The molecule has 1 heterocycles. The number of benzene rings is 3. The molecule has 0 saturated heterocycles. The third-order valence-corrected chi connectivity index (χ3v) is 7.87.